The van der Waals surface area contributed by atoms with Crippen LogP contribution in [0.3, 0.4) is 0 Å². The van der Waals surface area contributed by atoms with Crippen molar-refractivity contribution in [1.82, 2.24) is 5.32 Å². The van der Waals surface area contributed by atoms with Crippen LogP contribution in [0.4, 0.5) is 0 Å². The third-order valence-corrected chi connectivity index (χ3v) is 2.90. The van der Waals surface area contributed by atoms with Gasteiger partial charge < -0.3 is 15.8 Å². The van der Waals surface area contributed by atoms with Gasteiger partial charge in [-0.25, -0.2) is 0 Å². The fourth-order valence-electron chi connectivity index (χ4n) is 1.79. The molecule has 0 aromatic heterocycles. The molecule has 2 rings (SSSR count). The largest absolute Gasteiger partial charge is 0.494 e. The highest BCUT2D eigenvalue weighted by Crippen LogP contribution is 2.24. The van der Waals surface area contributed by atoms with Gasteiger partial charge in [0.1, 0.15) is 5.75 Å². The van der Waals surface area contributed by atoms with Crippen LogP contribution < -0.4 is 15.8 Å². The highest BCUT2D eigenvalue weighted by atomic mass is 16.5. The van der Waals surface area contributed by atoms with Gasteiger partial charge in [-0.1, -0.05) is 12.1 Å². The lowest BCUT2D eigenvalue weighted by Crippen LogP contribution is -2.47. The number of nitrogens with two attached hydrogens (primary N) is 1. The van der Waals surface area contributed by atoms with Gasteiger partial charge >= 0.3 is 0 Å². The number of hydrogen-bond acceptors (Lipinski definition) is 3. The topological polar surface area (TPSA) is 47.3 Å². The monoisotopic (exact) mass is 206 g/mol. The zero-order valence-electron chi connectivity index (χ0n) is 9.07. The molecule has 0 spiro atoms. The summed E-state index contributed by atoms with van der Waals surface area (Å²) in [7, 11) is 0. The summed E-state index contributed by atoms with van der Waals surface area (Å²) in [4.78, 5) is 0. The van der Waals surface area contributed by atoms with Crippen molar-refractivity contribution < 1.29 is 4.74 Å². The molecule has 0 radical (unpaired) electrons. The van der Waals surface area contributed by atoms with Crippen LogP contribution in [0.5, 0.6) is 5.75 Å². The van der Waals surface area contributed by atoms with E-state index in [1.54, 1.807) is 0 Å². The lowest BCUT2D eigenvalue weighted by molar-refractivity contribution is 0.294. The van der Waals surface area contributed by atoms with E-state index < -0.39 is 0 Å². The Bertz CT molecular complexity index is 306. The Morgan fingerprint density at radius 3 is 2.53 bits per heavy atom. The predicted octanol–water partition coefficient (Wildman–Crippen LogP) is 1.30. The van der Waals surface area contributed by atoms with Gasteiger partial charge in [0.15, 0.2) is 0 Å². The summed E-state index contributed by atoms with van der Waals surface area (Å²) >= 11 is 0. The van der Waals surface area contributed by atoms with Crippen molar-refractivity contribution in [3.8, 4) is 5.75 Å². The van der Waals surface area contributed by atoms with Gasteiger partial charge in [0.05, 0.1) is 6.61 Å². The standard InChI is InChI=1S/C12H18N2O/c1-2-15-11-5-3-9(4-6-11)12(13)10-7-14-8-10/h3-6,10,12,14H,2,7-8,13H2,1H3. The van der Waals surface area contributed by atoms with Crippen LogP contribution in [-0.4, -0.2) is 19.7 Å². The van der Waals surface area contributed by atoms with Crippen molar-refractivity contribution in [2.75, 3.05) is 19.7 Å². The molecule has 1 aliphatic rings. The first kappa shape index (κ1) is 10.5. The minimum Gasteiger partial charge on any atom is -0.494 e. The van der Waals surface area contributed by atoms with E-state index in [4.69, 9.17) is 10.5 Å². The fourth-order valence-corrected chi connectivity index (χ4v) is 1.79. The van der Waals surface area contributed by atoms with E-state index in [9.17, 15) is 0 Å². The zero-order chi connectivity index (χ0) is 10.7. The van der Waals surface area contributed by atoms with E-state index in [-0.39, 0.29) is 6.04 Å². The predicted molar refractivity (Wildman–Crippen MR) is 60.9 cm³/mol. The molecule has 1 unspecified atom stereocenters. The Hall–Kier alpha value is -1.06. The van der Waals surface area contributed by atoms with E-state index in [0.29, 0.717) is 12.5 Å². The number of hydrogen-bond donors (Lipinski definition) is 2. The third kappa shape index (κ3) is 2.30. The molecule has 1 fully saturated rings. The van der Waals surface area contributed by atoms with Crippen LogP contribution in [0.15, 0.2) is 24.3 Å². The molecule has 3 N–H and O–H groups in total. The maximum absolute atomic E-state index is 6.14. The molecule has 1 atom stereocenters. The van der Waals surface area contributed by atoms with Crippen molar-refractivity contribution in [3.05, 3.63) is 29.8 Å². The molecule has 1 heterocycles. The summed E-state index contributed by atoms with van der Waals surface area (Å²) in [6.07, 6.45) is 0. The van der Waals surface area contributed by atoms with E-state index in [2.05, 4.69) is 17.4 Å². The smallest absolute Gasteiger partial charge is 0.119 e. The highest BCUT2D eigenvalue weighted by molar-refractivity contribution is 5.29. The lowest BCUT2D eigenvalue weighted by atomic mass is 9.89. The molecule has 0 amide bonds. The first-order chi connectivity index (χ1) is 7.31. The van der Waals surface area contributed by atoms with Gasteiger partial charge in [0.25, 0.3) is 0 Å². The average molecular weight is 206 g/mol. The van der Waals surface area contributed by atoms with Crippen LogP contribution in [0.2, 0.25) is 0 Å². The van der Waals surface area contributed by atoms with Gasteiger partial charge in [0.2, 0.25) is 0 Å². The molecule has 1 saturated heterocycles. The molecular formula is C12H18N2O. The summed E-state index contributed by atoms with van der Waals surface area (Å²) in [5, 5.41) is 3.24. The summed E-state index contributed by atoms with van der Waals surface area (Å²) in [6.45, 7) is 4.76. The van der Waals surface area contributed by atoms with Gasteiger partial charge in [0, 0.05) is 25.0 Å². The molecule has 0 aliphatic carbocycles. The second kappa shape index (κ2) is 4.64. The van der Waals surface area contributed by atoms with Gasteiger partial charge in [-0.2, -0.15) is 0 Å². The van der Waals surface area contributed by atoms with Crippen LogP contribution >= 0.6 is 0 Å². The third-order valence-electron chi connectivity index (χ3n) is 2.90. The maximum Gasteiger partial charge on any atom is 0.119 e. The first-order valence-electron chi connectivity index (χ1n) is 5.50. The molecule has 0 saturated carbocycles. The Morgan fingerprint density at radius 1 is 1.40 bits per heavy atom. The Balaban J connectivity index is 2.02. The molecule has 1 aromatic rings. The maximum atomic E-state index is 6.14. The average Bonchev–Trinajstić information content (AvgIpc) is 2.16. The minimum absolute atomic E-state index is 0.155. The number of rotatable bonds is 4. The molecule has 15 heavy (non-hydrogen) atoms. The summed E-state index contributed by atoms with van der Waals surface area (Å²) < 4.78 is 5.39. The summed E-state index contributed by atoms with van der Waals surface area (Å²) in [5.74, 6) is 1.50. The normalized spacial score (nSPS) is 18.3. The highest BCUT2D eigenvalue weighted by Gasteiger charge is 2.24. The Kier molecular flexibility index (Phi) is 3.23. The van der Waals surface area contributed by atoms with Crippen LogP contribution in [0.25, 0.3) is 0 Å². The quantitative estimate of drug-likeness (QED) is 0.780. The van der Waals surface area contributed by atoms with E-state index in [1.807, 2.05) is 19.1 Å². The molecule has 82 valence electrons. The molecule has 1 aromatic carbocycles. The lowest BCUT2D eigenvalue weighted by Gasteiger charge is -2.32. The summed E-state index contributed by atoms with van der Waals surface area (Å²) in [6, 6.07) is 8.26. The Morgan fingerprint density at radius 2 is 2.07 bits per heavy atom. The number of benzene rings is 1. The van der Waals surface area contributed by atoms with Crippen molar-refractivity contribution in [1.29, 1.82) is 0 Å². The summed E-state index contributed by atoms with van der Waals surface area (Å²) in [5.41, 5.74) is 7.34. The second-order valence-corrected chi connectivity index (χ2v) is 3.95. The molecule has 3 nitrogen and oxygen atoms in total. The molecule has 0 bridgehead atoms. The second-order valence-electron chi connectivity index (χ2n) is 3.95. The van der Waals surface area contributed by atoms with Crippen LogP contribution in [0, 0.1) is 5.92 Å². The van der Waals surface area contributed by atoms with Gasteiger partial charge in [-0.15, -0.1) is 0 Å². The fraction of sp³-hybridized carbons (Fsp3) is 0.500. The van der Waals surface area contributed by atoms with E-state index in [1.165, 1.54) is 5.56 Å². The Labute approximate surface area is 90.6 Å². The van der Waals surface area contributed by atoms with E-state index >= 15 is 0 Å². The van der Waals surface area contributed by atoms with Crippen LogP contribution in [-0.2, 0) is 0 Å². The van der Waals surface area contributed by atoms with E-state index in [0.717, 1.165) is 18.8 Å². The van der Waals surface area contributed by atoms with Crippen molar-refractivity contribution >= 4 is 0 Å². The van der Waals surface area contributed by atoms with Gasteiger partial charge in [-0.05, 0) is 24.6 Å². The minimum atomic E-state index is 0.155. The first-order valence-corrected chi connectivity index (χ1v) is 5.50. The van der Waals surface area contributed by atoms with Crippen molar-refractivity contribution in [2.24, 2.45) is 11.7 Å². The van der Waals surface area contributed by atoms with Crippen molar-refractivity contribution in [3.63, 3.8) is 0 Å². The van der Waals surface area contributed by atoms with Crippen molar-refractivity contribution in [2.45, 2.75) is 13.0 Å². The molecule has 3 heteroatoms. The molecule has 1 aliphatic heterocycles. The molecular weight excluding hydrogens is 188 g/mol. The van der Waals surface area contributed by atoms with Gasteiger partial charge in [-0.3, -0.25) is 0 Å². The zero-order valence-corrected chi connectivity index (χ0v) is 9.07. The number of nitrogens with one attached hydrogen (secondary N) is 1. The number of ether oxygens (including phenoxy) is 1. The SMILES string of the molecule is CCOc1ccc(C(N)C2CNC2)cc1. The van der Waals surface area contributed by atoms with Crippen LogP contribution in [0.1, 0.15) is 18.5 Å².